The van der Waals surface area contributed by atoms with Crippen LogP contribution in [-0.4, -0.2) is 66.8 Å². The standard InChI is InChI=1S/C17H24N4O3/c1-20(2)12-9-18-15(22)17(23)7-10-21(11-8-17)16-19-13-5-3-4-6-14(13)24-16/h3-6,23H,7-12H2,1-2H3,(H,18,22). The van der Waals surface area contributed by atoms with Crippen LogP contribution in [0, 0.1) is 0 Å². The molecule has 0 radical (unpaired) electrons. The van der Waals surface area contributed by atoms with Crippen molar-refractivity contribution in [2.24, 2.45) is 0 Å². The van der Waals surface area contributed by atoms with E-state index >= 15 is 0 Å². The number of carbonyl (C=O) groups is 1. The Labute approximate surface area is 141 Å². The summed E-state index contributed by atoms with van der Waals surface area (Å²) in [5, 5.41) is 13.4. The topological polar surface area (TPSA) is 81.8 Å². The lowest BCUT2D eigenvalue weighted by molar-refractivity contribution is -0.141. The number of fused-ring (bicyclic) bond motifs is 1. The molecule has 0 aliphatic carbocycles. The van der Waals surface area contributed by atoms with Crippen molar-refractivity contribution in [1.82, 2.24) is 15.2 Å². The maximum absolute atomic E-state index is 12.2. The molecule has 7 nitrogen and oxygen atoms in total. The first-order chi connectivity index (χ1) is 11.5. The molecule has 0 saturated carbocycles. The third-order valence-corrected chi connectivity index (χ3v) is 4.41. The van der Waals surface area contributed by atoms with Crippen molar-refractivity contribution < 1.29 is 14.3 Å². The van der Waals surface area contributed by atoms with Crippen LogP contribution in [0.4, 0.5) is 6.01 Å². The van der Waals surface area contributed by atoms with Gasteiger partial charge in [0.25, 0.3) is 11.9 Å². The molecular weight excluding hydrogens is 308 g/mol. The van der Waals surface area contributed by atoms with Gasteiger partial charge in [-0.05, 0) is 26.2 Å². The van der Waals surface area contributed by atoms with E-state index in [1.165, 1.54) is 0 Å². The molecule has 7 heteroatoms. The van der Waals surface area contributed by atoms with E-state index in [1.54, 1.807) is 0 Å². The van der Waals surface area contributed by atoms with Crippen LogP contribution in [0.15, 0.2) is 28.7 Å². The Morgan fingerprint density at radius 1 is 1.38 bits per heavy atom. The highest BCUT2D eigenvalue weighted by molar-refractivity contribution is 5.85. The van der Waals surface area contributed by atoms with Gasteiger partial charge in [-0.3, -0.25) is 4.79 Å². The van der Waals surface area contributed by atoms with E-state index in [4.69, 9.17) is 4.42 Å². The zero-order valence-corrected chi connectivity index (χ0v) is 14.2. The number of nitrogens with zero attached hydrogens (tertiary/aromatic N) is 3. The van der Waals surface area contributed by atoms with Crippen molar-refractivity contribution in [2.75, 3.05) is 45.2 Å². The number of para-hydroxylation sites is 2. The number of hydrogen-bond donors (Lipinski definition) is 2. The number of aliphatic hydroxyl groups is 1. The molecule has 2 N–H and O–H groups in total. The first kappa shape index (κ1) is 16.7. The minimum atomic E-state index is -1.31. The average molecular weight is 332 g/mol. The van der Waals surface area contributed by atoms with Crippen LogP contribution in [0.1, 0.15) is 12.8 Å². The zero-order valence-electron chi connectivity index (χ0n) is 14.2. The smallest absolute Gasteiger partial charge is 0.298 e. The maximum atomic E-state index is 12.2. The molecule has 1 aromatic carbocycles. The minimum Gasteiger partial charge on any atom is -0.423 e. The van der Waals surface area contributed by atoms with E-state index in [1.807, 2.05) is 48.2 Å². The molecule has 1 aliphatic heterocycles. The second kappa shape index (κ2) is 6.78. The lowest BCUT2D eigenvalue weighted by Gasteiger charge is -2.36. The van der Waals surface area contributed by atoms with E-state index in [0.29, 0.717) is 38.5 Å². The molecule has 0 spiro atoms. The van der Waals surface area contributed by atoms with Gasteiger partial charge in [-0.25, -0.2) is 0 Å². The van der Waals surface area contributed by atoms with Crippen LogP contribution >= 0.6 is 0 Å². The summed E-state index contributed by atoms with van der Waals surface area (Å²) in [6, 6.07) is 8.16. The summed E-state index contributed by atoms with van der Waals surface area (Å²) in [4.78, 5) is 20.7. The number of aromatic nitrogens is 1. The third kappa shape index (κ3) is 3.52. The number of benzene rings is 1. The van der Waals surface area contributed by atoms with E-state index in [2.05, 4.69) is 10.3 Å². The predicted molar refractivity (Wildman–Crippen MR) is 92.0 cm³/mol. The Balaban J connectivity index is 1.59. The lowest BCUT2D eigenvalue weighted by atomic mass is 9.90. The Bertz CT molecular complexity index is 672. The summed E-state index contributed by atoms with van der Waals surface area (Å²) in [5.41, 5.74) is 0.249. The molecule has 0 atom stereocenters. The number of hydrogen-bond acceptors (Lipinski definition) is 6. The minimum absolute atomic E-state index is 0.290. The normalized spacial score (nSPS) is 17.4. The molecular formula is C17H24N4O3. The Morgan fingerprint density at radius 3 is 2.75 bits per heavy atom. The summed E-state index contributed by atoms with van der Waals surface area (Å²) >= 11 is 0. The number of carbonyl (C=O) groups excluding carboxylic acids is 1. The first-order valence-corrected chi connectivity index (χ1v) is 8.24. The third-order valence-electron chi connectivity index (χ3n) is 4.41. The Morgan fingerprint density at radius 2 is 2.08 bits per heavy atom. The fourth-order valence-electron chi connectivity index (χ4n) is 2.85. The molecule has 0 unspecified atom stereocenters. The molecule has 1 fully saturated rings. The van der Waals surface area contributed by atoms with Crippen LogP contribution in [0.3, 0.4) is 0 Å². The predicted octanol–water partition coefficient (Wildman–Crippen LogP) is 0.837. The van der Waals surface area contributed by atoms with Gasteiger partial charge in [-0.1, -0.05) is 12.1 Å². The van der Waals surface area contributed by atoms with Crippen LogP contribution in [0.2, 0.25) is 0 Å². The second-order valence-electron chi connectivity index (χ2n) is 6.54. The van der Waals surface area contributed by atoms with Gasteiger partial charge in [0, 0.05) is 39.0 Å². The summed E-state index contributed by atoms with van der Waals surface area (Å²) in [6.45, 7) is 2.34. The van der Waals surface area contributed by atoms with Crippen LogP contribution in [0.25, 0.3) is 11.1 Å². The van der Waals surface area contributed by atoms with Crippen LogP contribution in [-0.2, 0) is 4.79 Å². The van der Waals surface area contributed by atoms with Gasteiger partial charge in [0.05, 0.1) is 0 Å². The van der Waals surface area contributed by atoms with Gasteiger partial charge in [-0.2, -0.15) is 4.98 Å². The quantitative estimate of drug-likeness (QED) is 0.844. The van der Waals surface area contributed by atoms with E-state index in [0.717, 1.165) is 17.6 Å². The molecule has 1 amide bonds. The average Bonchev–Trinajstić information content (AvgIpc) is 2.99. The van der Waals surface area contributed by atoms with Gasteiger partial charge in [0.1, 0.15) is 11.1 Å². The summed E-state index contributed by atoms with van der Waals surface area (Å²) in [7, 11) is 3.89. The maximum Gasteiger partial charge on any atom is 0.298 e. The van der Waals surface area contributed by atoms with Crippen molar-refractivity contribution in [3.63, 3.8) is 0 Å². The van der Waals surface area contributed by atoms with Gasteiger partial charge in [0.15, 0.2) is 5.58 Å². The Kier molecular flexibility index (Phi) is 4.73. The zero-order chi connectivity index (χ0) is 17.2. The van der Waals surface area contributed by atoms with E-state index < -0.39 is 5.60 Å². The number of amides is 1. The SMILES string of the molecule is CN(C)CCNC(=O)C1(O)CCN(c2nc3ccccc3o2)CC1. The molecule has 1 aromatic heterocycles. The van der Waals surface area contributed by atoms with Gasteiger partial charge < -0.3 is 24.6 Å². The largest absolute Gasteiger partial charge is 0.423 e. The molecule has 0 bridgehead atoms. The van der Waals surface area contributed by atoms with Gasteiger partial charge >= 0.3 is 0 Å². The molecule has 24 heavy (non-hydrogen) atoms. The highest BCUT2D eigenvalue weighted by Crippen LogP contribution is 2.28. The van der Waals surface area contributed by atoms with Crippen molar-refractivity contribution >= 4 is 23.0 Å². The molecule has 3 rings (SSSR count). The highest BCUT2D eigenvalue weighted by Gasteiger charge is 2.40. The van der Waals surface area contributed by atoms with Gasteiger partial charge in [0.2, 0.25) is 0 Å². The fourth-order valence-corrected chi connectivity index (χ4v) is 2.85. The van der Waals surface area contributed by atoms with E-state index in [-0.39, 0.29) is 5.91 Å². The molecule has 2 aromatic rings. The van der Waals surface area contributed by atoms with Gasteiger partial charge in [-0.15, -0.1) is 0 Å². The van der Waals surface area contributed by atoms with Crippen LogP contribution < -0.4 is 10.2 Å². The lowest BCUT2D eigenvalue weighted by Crippen LogP contribution is -2.54. The number of anilines is 1. The second-order valence-corrected chi connectivity index (χ2v) is 6.54. The number of piperidine rings is 1. The summed E-state index contributed by atoms with van der Waals surface area (Å²) in [6.07, 6.45) is 0.721. The fraction of sp³-hybridized carbons (Fsp3) is 0.529. The number of likely N-dealkylation sites (N-methyl/N-ethyl adjacent to an activating group) is 1. The van der Waals surface area contributed by atoms with Crippen molar-refractivity contribution in [1.29, 1.82) is 0 Å². The monoisotopic (exact) mass is 332 g/mol. The highest BCUT2D eigenvalue weighted by atomic mass is 16.4. The van der Waals surface area contributed by atoms with E-state index in [9.17, 15) is 9.90 Å². The summed E-state index contributed by atoms with van der Waals surface area (Å²) in [5.74, 6) is -0.290. The van der Waals surface area contributed by atoms with Crippen LogP contribution in [0.5, 0.6) is 0 Å². The Hall–Kier alpha value is -2.12. The van der Waals surface area contributed by atoms with Crippen molar-refractivity contribution in [2.45, 2.75) is 18.4 Å². The van der Waals surface area contributed by atoms with Crippen molar-refractivity contribution in [3.8, 4) is 0 Å². The first-order valence-electron chi connectivity index (χ1n) is 8.24. The molecule has 130 valence electrons. The molecule has 2 heterocycles. The molecule has 1 saturated heterocycles. The van der Waals surface area contributed by atoms with Crippen molar-refractivity contribution in [3.05, 3.63) is 24.3 Å². The number of nitrogens with one attached hydrogen (secondary N) is 1. The summed E-state index contributed by atoms with van der Waals surface area (Å²) < 4.78 is 5.75. The molecule has 1 aliphatic rings. The number of oxazole rings is 1. The number of rotatable bonds is 5.